The van der Waals surface area contributed by atoms with Gasteiger partial charge in [0.1, 0.15) is 0 Å². The summed E-state index contributed by atoms with van der Waals surface area (Å²) in [7, 11) is -4.44. The van der Waals surface area contributed by atoms with Crippen molar-refractivity contribution in [3.63, 3.8) is 0 Å². The third-order valence-corrected chi connectivity index (χ3v) is 4.93. The van der Waals surface area contributed by atoms with E-state index in [9.17, 15) is 31.7 Å². The SMILES string of the molecule is O=[N+]([O-])c1ccc(S(=O)(=O)NCC2CCCN2)c(C(F)(F)F)c1. The number of nitrogens with one attached hydrogen (secondary N) is 2. The summed E-state index contributed by atoms with van der Waals surface area (Å²) in [4.78, 5) is 8.57. The zero-order valence-corrected chi connectivity index (χ0v) is 12.6. The second kappa shape index (κ2) is 6.42. The number of benzene rings is 1. The maximum absolute atomic E-state index is 13.0. The number of nitro benzene ring substituents is 1. The Bertz CT molecular complexity index is 700. The molecule has 2 rings (SSSR count). The Balaban J connectivity index is 2.34. The minimum Gasteiger partial charge on any atom is -0.313 e. The van der Waals surface area contributed by atoms with Crippen molar-refractivity contribution in [2.75, 3.05) is 13.1 Å². The zero-order chi connectivity index (χ0) is 17.3. The Morgan fingerprint density at radius 2 is 2.09 bits per heavy atom. The van der Waals surface area contributed by atoms with E-state index in [-0.39, 0.29) is 18.7 Å². The van der Waals surface area contributed by atoms with Crippen LogP contribution in [0.5, 0.6) is 0 Å². The van der Waals surface area contributed by atoms with E-state index in [0.717, 1.165) is 25.5 Å². The number of rotatable bonds is 5. The average molecular weight is 353 g/mol. The molecule has 0 saturated carbocycles. The topological polar surface area (TPSA) is 101 Å². The summed E-state index contributed by atoms with van der Waals surface area (Å²) in [6.07, 6.45) is -3.45. The molecule has 1 saturated heterocycles. The predicted octanol–water partition coefficient (Wildman–Crippen LogP) is 1.64. The molecule has 23 heavy (non-hydrogen) atoms. The van der Waals surface area contributed by atoms with E-state index in [1.807, 2.05) is 0 Å². The molecule has 1 aromatic rings. The Kier molecular flexibility index (Phi) is 4.92. The third-order valence-electron chi connectivity index (χ3n) is 3.45. The lowest BCUT2D eigenvalue weighted by Crippen LogP contribution is -2.37. The summed E-state index contributed by atoms with van der Waals surface area (Å²) >= 11 is 0. The van der Waals surface area contributed by atoms with Crippen LogP contribution in [0.1, 0.15) is 18.4 Å². The number of nitrogens with zero attached hydrogens (tertiary/aromatic N) is 1. The molecule has 1 aromatic carbocycles. The minimum atomic E-state index is -5.03. The van der Waals surface area contributed by atoms with Crippen molar-refractivity contribution in [1.29, 1.82) is 0 Å². The lowest BCUT2D eigenvalue weighted by atomic mass is 10.2. The van der Waals surface area contributed by atoms with Gasteiger partial charge in [0.15, 0.2) is 0 Å². The number of non-ortho nitro benzene ring substituents is 1. The van der Waals surface area contributed by atoms with E-state index in [2.05, 4.69) is 10.0 Å². The molecule has 128 valence electrons. The van der Waals surface area contributed by atoms with Gasteiger partial charge in [0, 0.05) is 24.7 Å². The van der Waals surface area contributed by atoms with Crippen LogP contribution in [-0.2, 0) is 16.2 Å². The Morgan fingerprint density at radius 3 is 2.61 bits per heavy atom. The van der Waals surface area contributed by atoms with Crippen molar-refractivity contribution in [1.82, 2.24) is 10.0 Å². The van der Waals surface area contributed by atoms with E-state index >= 15 is 0 Å². The van der Waals surface area contributed by atoms with Gasteiger partial charge in [-0.1, -0.05) is 0 Å². The summed E-state index contributed by atoms with van der Waals surface area (Å²) in [6.45, 7) is 0.675. The zero-order valence-electron chi connectivity index (χ0n) is 11.8. The highest BCUT2D eigenvalue weighted by atomic mass is 32.2. The van der Waals surface area contributed by atoms with Gasteiger partial charge in [0.2, 0.25) is 10.0 Å². The van der Waals surface area contributed by atoms with E-state index < -0.39 is 37.3 Å². The molecular formula is C12H14F3N3O4S. The van der Waals surface area contributed by atoms with Crippen molar-refractivity contribution in [2.45, 2.75) is 30.0 Å². The predicted molar refractivity (Wildman–Crippen MR) is 74.3 cm³/mol. The lowest BCUT2D eigenvalue weighted by Gasteiger charge is -2.15. The van der Waals surface area contributed by atoms with Crippen LogP contribution in [0.25, 0.3) is 0 Å². The van der Waals surface area contributed by atoms with Gasteiger partial charge in [-0.3, -0.25) is 10.1 Å². The van der Waals surface area contributed by atoms with Crippen LogP contribution in [0.2, 0.25) is 0 Å². The summed E-state index contributed by atoms with van der Waals surface area (Å²) in [6, 6.07) is 1.42. The maximum Gasteiger partial charge on any atom is 0.417 e. The first-order chi connectivity index (χ1) is 10.6. The molecule has 1 heterocycles. The highest BCUT2D eigenvalue weighted by Gasteiger charge is 2.38. The molecule has 1 unspecified atom stereocenters. The molecular weight excluding hydrogens is 339 g/mol. The number of hydrogen-bond acceptors (Lipinski definition) is 5. The van der Waals surface area contributed by atoms with Crippen molar-refractivity contribution < 1.29 is 26.5 Å². The maximum atomic E-state index is 13.0. The van der Waals surface area contributed by atoms with Gasteiger partial charge in [-0.2, -0.15) is 13.2 Å². The molecule has 0 spiro atoms. The van der Waals surface area contributed by atoms with E-state index in [1.54, 1.807) is 0 Å². The molecule has 1 aliphatic rings. The fourth-order valence-electron chi connectivity index (χ4n) is 2.31. The first-order valence-corrected chi connectivity index (χ1v) is 8.18. The number of halogens is 3. The number of nitro groups is 1. The Labute approximate surface area is 130 Å². The summed E-state index contributed by atoms with van der Waals surface area (Å²) in [5.41, 5.74) is -2.38. The van der Waals surface area contributed by atoms with E-state index in [0.29, 0.717) is 6.07 Å². The largest absolute Gasteiger partial charge is 0.417 e. The molecule has 11 heteroatoms. The monoisotopic (exact) mass is 353 g/mol. The highest BCUT2D eigenvalue weighted by Crippen LogP contribution is 2.36. The van der Waals surface area contributed by atoms with Crippen LogP contribution in [0.3, 0.4) is 0 Å². The Hall–Kier alpha value is -1.72. The van der Waals surface area contributed by atoms with Crippen LogP contribution < -0.4 is 10.0 Å². The summed E-state index contributed by atoms with van der Waals surface area (Å²) < 4.78 is 65.5. The van der Waals surface area contributed by atoms with Crippen LogP contribution in [0.15, 0.2) is 23.1 Å². The first-order valence-electron chi connectivity index (χ1n) is 6.70. The highest BCUT2D eigenvalue weighted by molar-refractivity contribution is 7.89. The standard InChI is InChI=1S/C12H14F3N3O4S/c13-12(14,15)10-6-9(18(19)20)3-4-11(10)23(21,22)17-7-8-2-1-5-16-8/h3-4,6,8,16-17H,1-2,5,7H2. The van der Waals surface area contributed by atoms with Gasteiger partial charge >= 0.3 is 6.18 Å². The van der Waals surface area contributed by atoms with Gasteiger partial charge in [-0.15, -0.1) is 0 Å². The fraction of sp³-hybridized carbons (Fsp3) is 0.500. The average Bonchev–Trinajstić information content (AvgIpc) is 2.97. The van der Waals surface area contributed by atoms with Crippen molar-refractivity contribution in [2.24, 2.45) is 0 Å². The molecule has 1 aliphatic heterocycles. The third kappa shape index (κ3) is 4.18. The van der Waals surface area contributed by atoms with Crippen molar-refractivity contribution >= 4 is 15.7 Å². The number of alkyl halides is 3. The fourth-order valence-corrected chi connectivity index (χ4v) is 3.59. The van der Waals surface area contributed by atoms with Crippen LogP contribution >= 0.6 is 0 Å². The molecule has 2 N–H and O–H groups in total. The van der Waals surface area contributed by atoms with Crippen LogP contribution in [-0.4, -0.2) is 32.5 Å². The normalized spacial score (nSPS) is 19.0. The molecule has 0 aliphatic carbocycles. The minimum absolute atomic E-state index is 0.0450. The van der Waals surface area contributed by atoms with Gasteiger partial charge in [0.25, 0.3) is 5.69 Å². The summed E-state index contributed by atoms with van der Waals surface area (Å²) in [5, 5.41) is 13.6. The second-order valence-electron chi connectivity index (χ2n) is 5.08. The van der Waals surface area contributed by atoms with Gasteiger partial charge in [-0.25, -0.2) is 13.1 Å². The van der Waals surface area contributed by atoms with Gasteiger partial charge < -0.3 is 5.32 Å². The van der Waals surface area contributed by atoms with Gasteiger partial charge in [-0.05, 0) is 25.5 Å². The molecule has 0 aromatic heterocycles. The molecule has 0 bridgehead atoms. The molecule has 1 atom stereocenters. The smallest absolute Gasteiger partial charge is 0.313 e. The van der Waals surface area contributed by atoms with Crippen molar-refractivity contribution in [3.05, 3.63) is 33.9 Å². The molecule has 0 amide bonds. The van der Waals surface area contributed by atoms with E-state index in [1.165, 1.54) is 0 Å². The van der Waals surface area contributed by atoms with Crippen LogP contribution in [0.4, 0.5) is 18.9 Å². The molecule has 1 fully saturated rings. The molecule has 7 nitrogen and oxygen atoms in total. The quantitative estimate of drug-likeness (QED) is 0.619. The first kappa shape index (κ1) is 17.6. The second-order valence-corrected chi connectivity index (χ2v) is 6.82. The van der Waals surface area contributed by atoms with E-state index in [4.69, 9.17) is 0 Å². The lowest BCUT2D eigenvalue weighted by molar-refractivity contribution is -0.385. The summed E-state index contributed by atoms with van der Waals surface area (Å²) in [5.74, 6) is 0. The van der Waals surface area contributed by atoms with Crippen LogP contribution in [0, 0.1) is 10.1 Å². The Morgan fingerprint density at radius 1 is 1.39 bits per heavy atom. The molecule has 0 radical (unpaired) electrons. The number of hydrogen-bond donors (Lipinski definition) is 2. The van der Waals surface area contributed by atoms with Crippen molar-refractivity contribution in [3.8, 4) is 0 Å². The van der Waals surface area contributed by atoms with Gasteiger partial charge in [0.05, 0.1) is 15.4 Å². The number of sulfonamides is 1.